The van der Waals surface area contributed by atoms with Gasteiger partial charge in [0, 0.05) is 38.6 Å². The summed E-state index contributed by atoms with van der Waals surface area (Å²) in [6, 6.07) is 3.20. The molecule has 6 nitrogen and oxygen atoms in total. The minimum atomic E-state index is -0.315. The van der Waals surface area contributed by atoms with E-state index < -0.39 is 0 Å². The van der Waals surface area contributed by atoms with Crippen molar-refractivity contribution in [1.82, 2.24) is 10.2 Å². The van der Waals surface area contributed by atoms with Crippen LogP contribution in [0.4, 0.5) is 0 Å². The van der Waals surface area contributed by atoms with Gasteiger partial charge in [-0.25, -0.2) is 0 Å². The number of aliphatic hydroxyl groups excluding tert-OH is 1. The van der Waals surface area contributed by atoms with Gasteiger partial charge in [0.1, 0.15) is 0 Å². The molecule has 2 rings (SSSR count). The van der Waals surface area contributed by atoms with Crippen molar-refractivity contribution in [3.63, 3.8) is 0 Å². The summed E-state index contributed by atoms with van der Waals surface area (Å²) >= 11 is 0. The molecular weight excluding hydrogens is 236 g/mol. The minimum Gasteiger partial charge on any atom is -0.459 e. The molecule has 0 atom stereocenters. The third-order valence-corrected chi connectivity index (χ3v) is 2.94. The first-order valence-corrected chi connectivity index (χ1v) is 5.91. The lowest BCUT2D eigenvalue weighted by molar-refractivity contribution is -0.138. The second kappa shape index (κ2) is 5.68. The number of carbonyl (C=O) groups is 2. The fourth-order valence-electron chi connectivity index (χ4n) is 1.82. The molecule has 0 saturated carbocycles. The van der Waals surface area contributed by atoms with Crippen LogP contribution in [0.25, 0.3) is 0 Å². The normalized spacial score (nSPS) is 15.3. The van der Waals surface area contributed by atoms with E-state index in [4.69, 9.17) is 9.52 Å². The first kappa shape index (κ1) is 12.6. The Morgan fingerprint density at radius 2 is 2.28 bits per heavy atom. The number of hydrogen-bond donors (Lipinski definition) is 2. The number of likely N-dealkylation sites (tertiary alicyclic amines) is 1. The van der Waals surface area contributed by atoms with Gasteiger partial charge in [0.2, 0.25) is 5.91 Å². The zero-order chi connectivity index (χ0) is 13.0. The summed E-state index contributed by atoms with van der Waals surface area (Å²) in [4.78, 5) is 24.8. The van der Waals surface area contributed by atoms with Crippen LogP contribution < -0.4 is 5.32 Å². The Morgan fingerprint density at radius 3 is 2.89 bits per heavy atom. The number of nitrogens with one attached hydrogen (secondary N) is 1. The van der Waals surface area contributed by atoms with E-state index in [0.29, 0.717) is 19.6 Å². The van der Waals surface area contributed by atoms with Crippen LogP contribution in [-0.2, 0) is 4.79 Å². The van der Waals surface area contributed by atoms with Gasteiger partial charge in [0.15, 0.2) is 5.76 Å². The Labute approximate surface area is 105 Å². The van der Waals surface area contributed by atoms with Crippen molar-refractivity contribution in [2.75, 3.05) is 26.2 Å². The molecule has 0 unspecified atom stereocenters. The molecule has 18 heavy (non-hydrogen) atoms. The Bertz CT molecular complexity index is 410. The van der Waals surface area contributed by atoms with Crippen LogP contribution >= 0.6 is 0 Å². The highest BCUT2D eigenvalue weighted by Crippen LogP contribution is 2.15. The number of aliphatic hydroxyl groups is 1. The lowest BCUT2D eigenvalue weighted by Gasteiger charge is -2.38. The van der Waals surface area contributed by atoms with E-state index in [0.717, 1.165) is 0 Å². The van der Waals surface area contributed by atoms with Gasteiger partial charge in [0.05, 0.1) is 6.26 Å². The maximum absolute atomic E-state index is 11.6. The fraction of sp³-hybridized carbons (Fsp3) is 0.500. The van der Waals surface area contributed by atoms with Crippen molar-refractivity contribution in [3.05, 3.63) is 24.2 Å². The maximum Gasteiger partial charge on any atom is 0.286 e. The molecule has 1 aliphatic rings. The van der Waals surface area contributed by atoms with E-state index in [1.165, 1.54) is 6.26 Å². The van der Waals surface area contributed by atoms with Crippen LogP contribution in [-0.4, -0.2) is 48.1 Å². The molecule has 1 aromatic rings. The molecule has 2 N–H and O–H groups in total. The van der Waals surface area contributed by atoms with Crippen molar-refractivity contribution in [1.29, 1.82) is 0 Å². The molecule has 6 heteroatoms. The lowest BCUT2D eigenvalue weighted by atomic mass is 10.0. The molecule has 98 valence electrons. The molecule has 0 spiro atoms. The Morgan fingerprint density at radius 1 is 1.50 bits per heavy atom. The van der Waals surface area contributed by atoms with Gasteiger partial charge in [0.25, 0.3) is 5.91 Å². The summed E-state index contributed by atoms with van der Waals surface area (Å²) in [5, 5.41) is 11.4. The quantitative estimate of drug-likeness (QED) is 0.763. The van der Waals surface area contributed by atoms with Crippen LogP contribution in [0.15, 0.2) is 22.8 Å². The molecule has 0 aliphatic carbocycles. The van der Waals surface area contributed by atoms with E-state index in [2.05, 4.69) is 5.32 Å². The second-order valence-corrected chi connectivity index (χ2v) is 4.33. The molecule has 0 bridgehead atoms. The summed E-state index contributed by atoms with van der Waals surface area (Å²) in [5.74, 6) is 0.141. The molecule has 2 heterocycles. The summed E-state index contributed by atoms with van der Waals surface area (Å²) < 4.78 is 4.93. The first-order chi connectivity index (χ1) is 8.70. The smallest absolute Gasteiger partial charge is 0.286 e. The van der Waals surface area contributed by atoms with E-state index in [-0.39, 0.29) is 36.5 Å². The maximum atomic E-state index is 11.6. The number of nitrogens with zero attached hydrogens (tertiary/aromatic N) is 1. The van der Waals surface area contributed by atoms with Gasteiger partial charge in [-0.1, -0.05) is 0 Å². The van der Waals surface area contributed by atoms with Crippen LogP contribution in [0.3, 0.4) is 0 Å². The van der Waals surface area contributed by atoms with Crippen molar-refractivity contribution >= 4 is 11.8 Å². The number of carbonyl (C=O) groups excluding carboxylic acids is 2. The topological polar surface area (TPSA) is 82.8 Å². The van der Waals surface area contributed by atoms with Crippen molar-refractivity contribution in [3.8, 4) is 0 Å². The van der Waals surface area contributed by atoms with Gasteiger partial charge in [-0.2, -0.15) is 0 Å². The predicted molar refractivity (Wildman–Crippen MR) is 62.8 cm³/mol. The van der Waals surface area contributed by atoms with E-state index in [1.807, 2.05) is 0 Å². The standard InChI is InChI=1S/C12H16N2O4/c15-8-9-6-14(7-9)11(16)3-4-13-12(17)10-2-1-5-18-10/h1-2,5,9,15H,3-4,6-8H2,(H,13,17). The molecule has 0 radical (unpaired) electrons. The molecule has 2 amide bonds. The van der Waals surface area contributed by atoms with E-state index in [1.54, 1.807) is 17.0 Å². The second-order valence-electron chi connectivity index (χ2n) is 4.33. The third kappa shape index (κ3) is 2.89. The molecule has 1 fully saturated rings. The highest BCUT2D eigenvalue weighted by molar-refractivity contribution is 5.91. The number of hydrogen-bond acceptors (Lipinski definition) is 4. The third-order valence-electron chi connectivity index (χ3n) is 2.94. The highest BCUT2D eigenvalue weighted by atomic mass is 16.3. The molecule has 0 aromatic carbocycles. The summed E-state index contributed by atoms with van der Waals surface area (Å²) in [6.45, 7) is 1.64. The van der Waals surface area contributed by atoms with Gasteiger partial charge in [-0.3, -0.25) is 9.59 Å². The number of rotatable bonds is 5. The van der Waals surface area contributed by atoms with Crippen LogP contribution in [0, 0.1) is 5.92 Å². The van der Waals surface area contributed by atoms with Crippen molar-refractivity contribution in [2.24, 2.45) is 5.92 Å². The Balaban J connectivity index is 1.64. The number of amides is 2. The zero-order valence-electron chi connectivity index (χ0n) is 9.96. The molecule has 1 saturated heterocycles. The average Bonchev–Trinajstić information content (AvgIpc) is 2.80. The molecule has 1 aliphatic heterocycles. The number of furan rings is 1. The van der Waals surface area contributed by atoms with Gasteiger partial charge < -0.3 is 19.7 Å². The molecular formula is C12H16N2O4. The largest absolute Gasteiger partial charge is 0.459 e. The van der Waals surface area contributed by atoms with Crippen molar-refractivity contribution in [2.45, 2.75) is 6.42 Å². The van der Waals surface area contributed by atoms with Crippen molar-refractivity contribution < 1.29 is 19.1 Å². The zero-order valence-corrected chi connectivity index (χ0v) is 9.96. The summed E-state index contributed by atoms with van der Waals surface area (Å²) in [6.07, 6.45) is 1.69. The lowest BCUT2D eigenvalue weighted by Crippen LogP contribution is -2.51. The summed E-state index contributed by atoms with van der Waals surface area (Å²) in [5.41, 5.74) is 0. The average molecular weight is 252 g/mol. The SMILES string of the molecule is O=C(NCCC(=O)N1CC(CO)C1)c1ccco1. The first-order valence-electron chi connectivity index (χ1n) is 5.91. The molecule has 1 aromatic heterocycles. The predicted octanol–water partition coefficient (Wildman–Crippen LogP) is -0.150. The summed E-state index contributed by atoms with van der Waals surface area (Å²) in [7, 11) is 0. The fourth-order valence-corrected chi connectivity index (χ4v) is 1.82. The monoisotopic (exact) mass is 252 g/mol. The van der Waals surface area contributed by atoms with E-state index >= 15 is 0 Å². The van der Waals surface area contributed by atoms with Crippen LogP contribution in [0.5, 0.6) is 0 Å². The van der Waals surface area contributed by atoms with Crippen LogP contribution in [0.2, 0.25) is 0 Å². The van der Waals surface area contributed by atoms with Gasteiger partial charge >= 0.3 is 0 Å². The van der Waals surface area contributed by atoms with E-state index in [9.17, 15) is 9.59 Å². The minimum absolute atomic E-state index is 0.000514. The Hall–Kier alpha value is -1.82. The van der Waals surface area contributed by atoms with Gasteiger partial charge in [-0.05, 0) is 12.1 Å². The highest BCUT2D eigenvalue weighted by Gasteiger charge is 2.29. The van der Waals surface area contributed by atoms with Gasteiger partial charge in [-0.15, -0.1) is 0 Å². The Kier molecular flexibility index (Phi) is 3.99. The van der Waals surface area contributed by atoms with Crippen LogP contribution in [0.1, 0.15) is 17.0 Å².